The van der Waals surface area contributed by atoms with E-state index < -0.39 is 28.4 Å². The Balaban J connectivity index is 1.46. The molecule has 0 aliphatic heterocycles. The van der Waals surface area contributed by atoms with Gasteiger partial charge in [-0.1, -0.05) is 30.3 Å². The average molecular weight is 466 g/mol. The Kier molecular flexibility index (Phi) is 5.97. The predicted molar refractivity (Wildman–Crippen MR) is 121 cm³/mol. The van der Waals surface area contributed by atoms with Crippen LogP contribution < -0.4 is 4.72 Å². The molecular weight excluding hydrogens is 447 g/mol. The van der Waals surface area contributed by atoms with Gasteiger partial charge < -0.3 is 9.72 Å². The SMILES string of the molecule is Cc1ccc(F)cc1S(=O)(=O)Nc1cccc(C(=O)OCC(=O)c2c[nH]c3ccccc23)c1. The highest BCUT2D eigenvalue weighted by molar-refractivity contribution is 7.92. The van der Waals surface area contributed by atoms with Gasteiger partial charge in [0.25, 0.3) is 10.0 Å². The minimum atomic E-state index is -4.08. The van der Waals surface area contributed by atoms with Crippen molar-refractivity contribution in [3.8, 4) is 0 Å². The Morgan fingerprint density at radius 1 is 1.03 bits per heavy atom. The fourth-order valence-corrected chi connectivity index (χ4v) is 4.68. The molecule has 0 atom stereocenters. The summed E-state index contributed by atoms with van der Waals surface area (Å²) in [4.78, 5) is 27.7. The third kappa shape index (κ3) is 4.78. The molecule has 0 saturated carbocycles. The minimum Gasteiger partial charge on any atom is -0.454 e. The van der Waals surface area contributed by atoms with Crippen LogP contribution in [0.2, 0.25) is 0 Å². The lowest BCUT2D eigenvalue weighted by Crippen LogP contribution is -2.16. The summed E-state index contributed by atoms with van der Waals surface area (Å²) in [5.74, 6) is -1.84. The summed E-state index contributed by atoms with van der Waals surface area (Å²) in [6.45, 7) is 1.08. The van der Waals surface area contributed by atoms with Gasteiger partial charge in [-0.05, 0) is 48.9 Å². The molecule has 4 aromatic rings. The van der Waals surface area contributed by atoms with E-state index in [1.54, 1.807) is 25.3 Å². The quantitative estimate of drug-likeness (QED) is 0.309. The molecule has 4 rings (SSSR count). The molecular formula is C24H19FN2O5S. The first kappa shape index (κ1) is 22.2. The van der Waals surface area contributed by atoms with Gasteiger partial charge >= 0.3 is 5.97 Å². The summed E-state index contributed by atoms with van der Waals surface area (Å²) in [6, 6.07) is 16.3. The summed E-state index contributed by atoms with van der Waals surface area (Å²) in [5.41, 5.74) is 1.72. The molecule has 7 nitrogen and oxygen atoms in total. The van der Waals surface area contributed by atoms with Gasteiger partial charge in [0.15, 0.2) is 6.61 Å². The van der Waals surface area contributed by atoms with Crippen LogP contribution in [0.25, 0.3) is 10.9 Å². The number of H-pyrrole nitrogens is 1. The van der Waals surface area contributed by atoms with Crippen LogP contribution in [0.1, 0.15) is 26.3 Å². The first-order valence-electron chi connectivity index (χ1n) is 9.90. The van der Waals surface area contributed by atoms with Crippen molar-refractivity contribution in [3.63, 3.8) is 0 Å². The van der Waals surface area contributed by atoms with Crippen LogP contribution in [-0.4, -0.2) is 31.8 Å². The number of esters is 1. The minimum absolute atomic E-state index is 0.0536. The number of ketones is 1. The van der Waals surface area contributed by atoms with E-state index in [4.69, 9.17) is 4.74 Å². The topological polar surface area (TPSA) is 105 Å². The highest BCUT2D eigenvalue weighted by Crippen LogP contribution is 2.22. The van der Waals surface area contributed by atoms with Crippen LogP contribution in [0.4, 0.5) is 10.1 Å². The van der Waals surface area contributed by atoms with Gasteiger partial charge in [0.1, 0.15) is 5.82 Å². The number of para-hydroxylation sites is 1. The van der Waals surface area contributed by atoms with Crippen molar-refractivity contribution in [1.82, 2.24) is 4.98 Å². The lowest BCUT2D eigenvalue weighted by molar-refractivity contribution is 0.0475. The van der Waals surface area contributed by atoms with E-state index in [-0.39, 0.29) is 21.9 Å². The number of aromatic amines is 1. The first-order chi connectivity index (χ1) is 15.7. The normalized spacial score (nSPS) is 11.3. The van der Waals surface area contributed by atoms with Crippen molar-refractivity contribution < 1.29 is 27.1 Å². The zero-order chi connectivity index (χ0) is 23.6. The zero-order valence-electron chi connectivity index (χ0n) is 17.5. The van der Waals surface area contributed by atoms with Gasteiger partial charge in [0.2, 0.25) is 5.78 Å². The average Bonchev–Trinajstić information content (AvgIpc) is 3.23. The Morgan fingerprint density at radius 3 is 2.64 bits per heavy atom. The second-order valence-electron chi connectivity index (χ2n) is 7.34. The Labute approximate surface area is 189 Å². The summed E-state index contributed by atoms with van der Waals surface area (Å²) >= 11 is 0. The Hall–Kier alpha value is -3.98. The molecule has 0 unspecified atom stereocenters. The number of rotatable bonds is 7. The summed E-state index contributed by atoms with van der Waals surface area (Å²) in [6.07, 6.45) is 1.56. The largest absolute Gasteiger partial charge is 0.454 e. The molecule has 33 heavy (non-hydrogen) atoms. The number of sulfonamides is 1. The highest BCUT2D eigenvalue weighted by atomic mass is 32.2. The van der Waals surface area contributed by atoms with Crippen LogP contribution in [0.15, 0.2) is 77.8 Å². The van der Waals surface area contributed by atoms with E-state index >= 15 is 0 Å². The van der Waals surface area contributed by atoms with E-state index in [0.29, 0.717) is 11.1 Å². The van der Waals surface area contributed by atoms with Gasteiger partial charge in [-0.3, -0.25) is 9.52 Å². The summed E-state index contributed by atoms with van der Waals surface area (Å²) < 4.78 is 46.3. The van der Waals surface area contributed by atoms with Crippen molar-refractivity contribution >= 4 is 38.4 Å². The molecule has 0 saturated heterocycles. The third-order valence-corrected chi connectivity index (χ3v) is 6.54. The number of halogens is 1. The molecule has 0 aliphatic carbocycles. The van der Waals surface area contributed by atoms with Gasteiger partial charge in [-0.15, -0.1) is 0 Å². The number of Topliss-reactive ketones (excluding diaryl/α,β-unsaturated/α-hetero) is 1. The maximum Gasteiger partial charge on any atom is 0.338 e. The molecule has 0 spiro atoms. The second kappa shape index (κ2) is 8.87. The maximum absolute atomic E-state index is 13.5. The fourth-order valence-electron chi connectivity index (χ4n) is 3.38. The molecule has 0 bridgehead atoms. The van der Waals surface area contributed by atoms with Crippen molar-refractivity contribution in [2.24, 2.45) is 0 Å². The molecule has 1 heterocycles. The summed E-state index contributed by atoms with van der Waals surface area (Å²) in [7, 11) is -4.08. The van der Waals surface area contributed by atoms with Crippen molar-refractivity contribution in [1.29, 1.82) is 0 Å². The number of carbonyl (C=O) groups is 2. The lowest BCUT2D eigenvalue weighted by atomic mass is 10.1. The van der Waals surface area contributed by atoms with Crippen LogP contribution >= 0.6 is 0 Å². The predicted octanol–water partition coefficient (Wildman–Crippen LogP) is 4.46. The number of aryl methyl sites for hydroxylation is 1. The number of benzene rings is 3. The number of ether oxygens (including phenoxy) is 1. The van der Waals surface area contributed by atoms with Crippen LogP contribution in [0.5, 0.6) is 0 Å². The molecule has 3 aromatic carbocycles. The van der Waals surface area contributed by atoms with Gasteiger partial charge in [0, 0.05) is 28.4 Å². The molecule has 9 heteroatoms. The molecule has 0 aliphatic rings. The lowest BCUT2D eigenvalue weighted by Gasteiger charge is -2.11. The summed E-state index contributed by atoms with van der Waals surface area (Å²) in [5, 5.41) is 0.725. The van der Waals surface area contributed by atoms with Crippen molar-refractivity contribution in [2.75, 3.05) is 11.3 Å². The van der Waals surface area contributed by atoms with Gasteiger partial charge in [-0.25, -0.2) is 17.6 Å². The van der Waals surface area contributed by atoms with Crippen LogP contribution in [0.3, 0.4) is 0 Å². The standard InChI is InChI=1S/C24H19FN2O5S/c1-15-9-10-17(25)12-23(15)33(30,31)27-18-6-4-5-16(11-18)24(29)32-14-22(28)20-13-26-21-8-3-2-7-19(20)21/h2-13,26-27H,14H2,1H3. The molecule has 0 amide bonds. The second-order valence-corrected chi connectivity index (χ2v) is 8.99. The first-order valence-corrected chi connectivity index (χ1v) is 11.4. The number of nitrogens with one attached hydrogen (secondary N) is 2. The number of carbonyl (C=O) groups excluding carboxylic acids is 2. The molecule has 168 valence electrons. The zero-order valence-corrected chi connectivity index (χ0v) is 18.3. The highest BCUT2D eigenvalue weighted by Gasteiger charge is 2.19. The van der Waals surface area contributed by atoms with Crippen molar-refractivity contribution in [2.45, 2.75) is 11.8 Å². The number of anilines is 1. The smallest absolute Gasteiger partial charge is 0.338 e. The van der Waals surface area contributed by atoms with E-state index in [9.17, 15) is 22.4 Å². The Morgan fingerprint density at radius 2 is 1.82 bits per heavy atom. The monoisotopic (exact) mass is 466 g/mol. The van der Waals surface area contributed by atoms with Gasteiger partial charge in [-0.2, -0.15) is 0 Å². The Bertz CT molecular complexity index is 1480. The van der Waals surface area contributed by atoms with E-state index in [1.165, 1.54) is 36.4 Å². The van der Waals surface area contributed by atoms with Crippen LogP contribution in [0, 0.1) is 12.7 Å². The molecule has 2 N–H and O–H groups in total. The molecule has 0 radical (unpaired) electrons. The number of fused-ring (bicyclic) bond motifs is 1. The van der Waals surface area contributed by atoms with Crippen molar-refractivity contribution in [3.05, 3.63) is 95.4 Å². The number of hydrogen-bond donors (Lipinski definition) is 2. The van der Waals surface area contributed by atoms with E-state index in [2.05, 4.69) is 9.71 Å². The number of hydrogen-bond acceptors (Lipinski definition) is 5. The molecule has 1 aromatic heterocycles. The fraction of sp³-hybridized carbons (Fsp3) is 0.0833. The van der Waals surface area contributed by atoms with Crippen LogP contribution in [-0.2, 0) is 14.8 Å². The third-order valence-electron chi connectivity index (χ3n) is 5.01. The van der Waals surface area contributed by atoms with E-state index in [1.807, 2.05) is 12.1 Å². The molecule has 0 fully saturated rings. The number of aromatic nitrogens is 1. The van der Waals surface area contributed by atoms with E-state index in [0.717, 1.165) is 17.0 Å². The van der Waals surface area contributed by atoms with Gasteiger partial charge in [0.05, 0.1) is 10.5 Å². The maximum atomic E-state index is 13.5.